The molecule has 0 fully saturated rings. The van der Waals surface area contributed by atoms with E-state index in [9.17, 15) is 9.59 Å². The van der Waals surface area contributed by atoms with Crippen LogP contribution in [0.2, 0.25) is 0 Å². The number of hydrogen-bond acceptors (Lipinski definition) is 6. The molecule has 1 aromatic rings. The lowest BCUT2D eigenvalue weighted by Crippen LogP contribution is -2.30. The highest BCUT2D eigenvalue weighted by Crippen LogP contribution is 2.36. The van der Waals surface area contributed by atoms with Crippen LogP contribution >= 0.6 is 15.9 Å². The molecular formula is C16H21BrN2O6. The van der Waals surface area contributed by atoms with Crippen molar-refractivity contribution in [3.63, 3.8) is 0 Å². The third kappa shape index (κ3) is 7.42. The number of benzene rings is 1. The summed E-state index contributed by atoms with van der Waals surface area (Å²) < 4.78 is 11.9. The molecule has 138 valence electrons. The molecule has 0 radical (unpaired) electrons. The van der Waals surface area contributed by atoms with E-state index < -0.39 is 25.0 Å². The number of rotatable bonds is 11. The molecule has 25 heavy (non-hydrogen) atoms. The molecule has 0 saturated heterocycles. The first-order valence-electron chi connectivity index (χ1n) is 7.69. The quantitative estimate of drug-likeness (QED) is 0.421. The van der Waals surface area contributed by atoms with Crippen molar-refractivity contribution in [2.24, 2.45) is 5.10 Å². The van der Waals surface area contributed by atoms with Crippen molar-refractivity contribution in [3.8, 4) is 11.5 Å². The van der Waals surface area contributed by atoms with E-state index in [-0.39, 0.29) is 0 Å². The van der Waals surface area contributed by atoms with E-state index in [0.717, 1.165) is 11.4 Å². The van der Waals surface area contributed by atoms with E-state index in [1.807, 2.05) is 13.8 Å². The highest BCUT2D eigenvalue weighted by molar-refractivity contribution is 9.10. The number of halogens is 1. The molecule has 0 aliphatic carbocycles. The Morgan fingerprint density at radius 2 is 1.84 bits per heavy atom. The van der Waals surface area contributed by atoms with Gasteiger partial charge in [0.2, 0.25) is 0 Å². The van der Waals surface area contributed by atoms with Crippen molar-refractivity contribution in [1.82, 2.24) is 5.01 Å². The Hall–Kier alpha value is -2.29. The van der Waals surface area contributed by atoms with Gasteiger partial charge < -0.3 is 19.7 Å². The summed E-state index contributed by atoms with van der Waals surface area (Å²) in [5, 5.41) is 22.5. The molecule has 9 heteroatoms. The SMILES string of the molecule is CCCOc1c(Br)cc(/C=N\N(CC(=O)O)CC(=O)O)cc1OCC. The molecule has 0 aliphatic rings. The van der Waals surface area contributed by atoms with Crippen LogP contribution in [0.1, 0.15) is 25.8 Å². The number of aliphatic carboxylic acids is 2. The second kappa shape index (κ2) is 10.5. The minimum absolute atomic E-state index is 0.444. The van der Waals surface area contributed by atoms with Crippen molar-refractivity contribution in [1.29, 1.82) is 0 Å². The first-order chi connectivity index (χ1) is 11.9. The Kier molecular flexibility index (Phi) is 8.76. The molecule has 0 spiro atoms. The van der Waals surface area contributed by atoms with Gasteiger partial charge in [0.1, 0.15) is 13.1 Å². The Morgan fingerprint density at radius 1 is 1.20 bits per heavy atom. The first-order valence-corrected chi connectivity index (χ1v) is 8.48. The molecule has 2 N–H and O–H groups in total. The predicted octanol–water partition coefficient (Wildman–Crippen LogP) is 2.44. The standard InChI is InChI=1S/C16H21BrN2O6/c1-3-5-25-16-12(17)6-11(7-13(16)24-4-2)8-18-19(9-14(20)21)10-15(22)23/h6-8H,3-5,9-10H2,1-2H3,(H,20,21)(H,22,23)/b18-8-. The lowest BCUT2D eigenvalue weighted by atomic mass is 10.2. The van der Waals surface area contributed by atoms with Crippen LogP contribution in [0, 0.1) is 0 Å². The zero-order valence-electron chi connectivity index (χ0n) is 14.1. The summed E-state index contributed by atoms with van der Waals surface area (Å²) in [6.07, 6.45) is 2.23. The minimum atomic E-state index is -1.17. The zero-order chi connectivity index (χ0) is 18.8. The maximum absolute atomic E-state index is 10.8. The van der Waals surface area contributed by atoms with Gasteiger partial charge in [0.15, 0.2) is 11.5 Å². The highest BCUT2D eigenvalue weighted by Gasteiger charge is 2.13. The molecule has 0 saturated carbocycles. The van der Waals surface area contributed by atoms with Gasteiger partial charge in [-0.15, -0.1) is 0 Å². The van der Waals surface area contributed by atoms with Gasteiger partial charge in [0.05, 0.1) is 23.9 Å². The van der Waals surface area contributed by atoms with E-state index >= 15 is 0 Å². The zero-order valence-corrected chi connectivity index (χ0v) is 15.7. The van der Waals surface area contributed by atoms with Crippen LogP contribution < -0.4 is 9.47 Å². The normalized spacial score (nSPS) is 10.7. The molecule has 1 rings (SSSR count). The molecule has 0 heterocycles. The van der Waals surface area contributed by atoms with Crippen LogP contribution in [0.15, 0.2) is 21.7 Å². The molecule has 8 nitrogen and oxygen atoms in total. The molecular weight excluding hydrogens is 396 g/mol. The van der Waals surface area contributed by atoms with Gasteiger partial charge in [-0.25, -0.2) is 0 Å². The Labute approximate surface area is 154 Å². The van der Waals surface area contributed by atoms with Gasteiger partial charge >= 0.3 is 11.9 Å². The maximum atomic E-state index is 10.8. The van der Waals surface area contributed by atoms with E-state index in [0.29, 0.717) is 34.7 Å². The van der Waals surface area contributed by atoms with E-state index in [4.69, 9.17) is 19.7 Å². The topological polar surface area (TPSA) is 109 Å². The predicted molar refractivity (Wildman–Crippen MR) is 95.5 cm³/mol. The number of carbonyl (C=O) groups is 2. The Bertz CT molecular complexity index is 619. The van der Waals surface area contributed by atoms with Gasteiger partial charge in [-0.1, -0.05) is 6.92 Å². The van der Waals surface area contributed by atoms with Crippen molar-refractivity contribution >= 4 is 34.1 Å². The van der Waals surface area contributed by atoms with Gasteiger partial charge in [-0.3, -0.25) is 14.6 Å². The smallest absolute Gasteiger partial charge is 0.324 e. The average Bonchev–Trinajstić information content (AvgIpc) is 2.51. The van der Waals surface area contributed by atoms with Gasteiger partial charge in [-0.05, 0) is 47.0 Å². The van der Waals surface area contributed by atoms with Crippen molar-refractivity contribution in [2.45, 2.75) is 20.3 Å². The summed E-state index contributed by atoms with van der Waals surface area (Å²) in [7, 11) is 0. The highest BCUT2D eigenvalue weighted by atomic mass is 79.9. The molecule has 1 aromatic carbocycles. The van der Waals surface area contributed by atoms with Crippen molar-refractivity contribution in [2.75, 3.05) is 26.3 Å². The van der Waals surface area contributed by atoms with Crippen LogP contribution in [-0.4, -0.2) is 59.7 Å². The van der Waals surface area contributed by atoms with Gasteiger partial charge in [-0.2, -0.15) is 5.10 Å². The largest absolute Gasteiger partial charge is 0.490 e. The first kappa shape index (κ1) is 20.8. The number of hydrazone groups is 1. The fraction of sp³-hybridized carbons (Fsp3) is 0.438. The number of carboxylic acids is 2. The lowest BCUT2D eigenvalue weighted by molar-refractivity contribution is -0.141. The average molecular weight is 417 g/mol. The Morgan fingerprint density at radius 3 is 2.36 bits per heavy atom. The summed E-state index contributed by atoms with van der Waals surface area (Å²) >= 11 is 3.42. The summed E-state index contributed by atoms with van der Waals surface area (Å²) in [6.45, 7) is 3.80. The maximum Gasteiger partial charge on any atom is 0.324 e. The number of carboxylic acid groups (broad SMARTS) is 2. The fourth-order valence-electron chi connectivity index (χ4n) is 1.87. The lowest BCUT2D eigenvalue weighted by Gasteiger charge is -2.15. The van der Waals surface area contributed by atoms with Gasteiger partial charge in [0.25, 0.3) is 0 Å². The Balaban J connectivity index is 3.06. The van der Waals surface area contributed by atoms with E-state index in [2.05, 4.69) is 21.0 Å². The summed E-state index contributed by atoms with van der Waals surface area (Å²) in [4.78, 5) is 21.6. The van der Waals surface area contributed by atoms with Crippen LogP contribution in [-0.2, 0) is 9.59 Å². The van der Waals surface area contributed by atoms with Crippen molar-refractivity contribution in [3.05, 3.63) is 22.2 Å². The third-order valence-electron chi connectivity index (χ3n) is 2.79. The molecule has 0 amide bonds. The minimum Gasteiger partial charge on any atom is -0.490 e. The second-order valence-corrected chi connectivity index (χ2v) is 5.82. The fourth-order valence-corrected chi connectivity index (χ4v) is 2.44. The van der Waals surface area contributed by atoms with Crippen molar-refractivity contribution < 1.29 is 29.3 Å². The van der Waals surface area contributed by atoms with Crippen LogP contribution in [0.5, 0.6) is 11.5 Å². The van der Waals surface area contributed by atoms with E-state index in [1.165, 1.54) is 6.21 Å². The summed E-state index contributed by atoms with van der Waals surface area (Å²) in [5.74, 6) is -1.24. The number of hydrogen-bond donors (Lipinski definition) is 2. The number of ether oxygens (including phenoxy) is 2. The molecule has 0 aliphatic heterocycles. The molecule has 0 atom stereocenters. The van der Waals surface area contributed by atoms with Crippen LogP contribution in [0.3, 0.4) is 0 Å². The van der Waals surface area contributed by atoms with Gasteiger partial charge in [0, 0.05) is 0 Å². The third-order valence-corrected chi connectivity index (χ3v) is 3.38. The second-order valence-electron chi connectivity index (χ2n) is 4.97. The summed E-state index contributed by atoms with van der Waals surface area (Å²) in [6, 6.07) is 3.43. The summed E-state index contributed by atoms with van der Waals surface area (Å²) in [5.41, 5.74) is 0.611. The van der Waals surface area contributed by atoms with E-state index in [1.54, 1.807) is 12.1 Å². The van der Waals surface area contributed by atoms with Crippen LogP contribution in [0.25, 0.3) is 0 Å². The molecule has 0 unspecified atom stereocenters. The van der Waals surface area contributed by atoms with Crippen LogP contribution in [0.4, 0.5) is 0 Å². The molecule has 0 aromatic heterocycles. The number of nitrogens with zero attached hydrogens (tertiary/aromatic N) is 2. The monoisotopic (exact) mass is 416 g/mol. The molecule has 0 bridgehead atoms.